The van der Waals surface area contributed by atoms with Gasteiger partial charge in [-0.1, -0.05) is 0 Å². The third-order valence-corrected chi connectivity index (χ3v) is 52.7. The van der Waals surface area contributed by atoms with Crippen LogP contribution in [0.3, 0.4) is 0 Å². The Morgan fingerprint density at radius 1 is 0.524 bits per heavy atom. The van der Waals surface area contributed by atoms with Gasteiger partial charge in [-0.25, -0.2) is 0 Å². The van der Waals surface area contributed by atoms with Gasteiger partial charge in [0.2, 0.25) is 0 Å². The van der Waals surface area contributed by atoms with Crippen LogP contribution in [-0.2, 0) is 18.9 Å². The normalized spacial score (nSPS) is 12.0. The maximum absolute atomic E-state index is 5.23. The zero-order valence-corrected chi connectivity index (χ0v) is 19.5. The van der Waals surface area contributed by atoms with Crippen molar-refractivity contribution in [2.45, 2.75) is 0 Å². The molecular weight excluding hydrogens is 455 g/mol. The first-order chi connectivity index (χ1) is 10.2. The Bertz CT molecular complexity index is 182. The average Bonchev–Trinajstić information content (AvgIpc) is 2.48. The Kier molecular flexibility index (Phi) is 18.5. The van der Waals surface area contributed by atoms with Crippen LogP contribution < -0.4 is 0 Å². The van der Waals surface area contributed by atoms with Crippen molar-refractivity contribution in [3.05, 3.63) is 0 Å². The molecule has 0 spiro atoms. The summed E-state index contributed by atoms with van der Waals surface area (Å²) in [4.78, 5) is 0. The van der Waals surface area contributed by atoms with E-state index in [9.17, 15) is 0 Å². The van der Waals surface area contributed by atoms with E-state index in [1.807, 2.05) is 0 Å². The molecule has 0 aromatic rings. The maximum atomic E-state index is 5.23. The summed E-state index contributed by atoms with van der Waals surface area (Å²) in [5.74, 6) is 4.30. The van der Waals surface area contributed by atoms with Gasteiger partial charge in [0.05, 0.1) is 0 Å². The molecule has 0 aromatic carbocycles. The van der Waals surface area contributed by atoms with E-state index in [1.165, 1.54) is 0 Å². The van der Waals surface area contributed by atoms with E-state index in [0.29, 0.717) is 0 Å². The van der Waals surface area contributed by atoms with Gasteiger partial charge >= 0.3 is 145 Å². The molecule has 0 amide bonds. The monoisotopic (exact) mass is 484 g/mol. The minimum atomic E-state index is -2.44. The van der Waals surface area contributed by atoms with Gasteiger partial charge in [0.15, 0.2) is 0 Å². The van der Waals surface area contributed by atoms with Gasteiger partial charge in [-0.2, -0.15) is 0 Å². The zero-order valence-electron chi connectivity index (χ0n) is 13.4. The third-order valence-electron chi connectivity index (χ3n) is 2.27. The molecule has 9 heteroatoms. The molecule has 4 nitrogen and oxygen atoms in total. The fourth-order valence-electron chi connectivity index (χ4n) is 1.25. The number of ether oxygens (including phenoxy) is 4. The van der Waals surface area contributed by atoms with Crippen molar-refractivity contribution in [3.63, 3.8) is 0 Å². The van der Waals surface area contributed by atoms with Crippen LogP contribution in [0, 0.1) is 0 Å². The Hall–Kier alpha value is 2.04. The molecule has 0 saturated heterocycles. The first-order valence-corrected chi connectivity index (χ1v) is 24.7. The summed E-state index contributed by atoms with van der Waals surface area (Å²) in [7, 11) is 15.7. The first kappa shape index (κ1) is 23.0. The van der Waals surface area contributed by atoms with Gasteiger partial charge in [0, 0.05) is 0 Å². The first-order valence-electron chi connectivity index (χ1n) is 6.76. The van der Waals surface area contributed by atoms with E-state index in [4.69, 9.17) is 18.9 Å². The predicted molar refractivity (Wildman–Crippen MR) is 103 cm³/mol. The van der Waals surface area contributed by atoms with Crippen LogP contribution in [0.4, 0.5) is 0 Å². The van der Waals surface area contributed by atoms with Crippen LogP contribution in [-0.4, -0.2) is 90.7 Å². The molecule has 0 saturated carbocycles. The molecule has 0 rings (SSSR count). The van der Waals surface area contributed by atoms with Crippen molar-refractivity contribution >= 4 is 48.6 Å². The van der Waals surface area contributed by atoms with Gasteiger partial charge in [-0.15, -0.1) is 0 Å². The molecular formula is C12H28O4S4Sn. The Labute approximate surface area is 144 Å². The van der Waals surface area contributed by atoms with Crippen molar-refractivity contribution in [1.29, 1.82) is 0 Å². The van der Waals surface area contributed by atoms with E-state index in [2.05, 4.69) is 35.8 Å². The van der Waals surface area contributed by atoms with Crippen LogP contribution in [0.2, 0.25) is 0 Å². The van der Waals surface area contributed by atoms with E-state index in [1.54, 1.807) is 28.4 Å². The molecule has 0 atom stereocenters. The molecule has 21 heavy (non-hydrogen) atoms. The number of methoxy groups -OCH3 is 4. The number of rotatable bonds is 16. The summed E-state index contributed by atoms with van der Waals surface area (Å²) in [6.07, 6.45) is 0. The topological polar surface area (TPSA) is 36.9 Å². The zero-order chi connectivity index (χ0) is 15.8. The molecule has 0 fully saturated rings. The SMILES string of the molecule is COCC[S][Sn]([S]CCOC)([S]CCOC)[S]CCOC. The molecule has 0 bridgehead atoms. The molecule has 128 valence electrons. The number of hydrogen-bond donors (Lipinski definition) is 0. The fraction of sp³-hybridized carbons (Fsp3) is 1.00. The van der Waals surface area contributed by atoms with Crippen LogP contribution in [0.5, 0.6) is 0 Å². The summed E-state index contributed by atoms with van der Waals surface area (Å²) >= 11 is -2.44. The molecule has 0 heterocycles. The second-order valence-electron chi connectivity index (χ2n) is 3.87. The van der Waals surface area contributed by atoms with Crippen molar-refractivity contribution in [3.8, 4) is 0 Å². The molecule has 0 aromatic heterocycles. The van der Waals surface area contributed by atoms with E-state index in [-0.39, 0.29) is 0 Å². The molecule has 0 radical (unpaired) electrons. The van der Waals surface area contributed by atoms with Crippen LogP contribution in [0.15, 0.2) is 0 Å². The average molecular weight is 483 g/mol. The van der Waals surface area contributed by atoms with Crippen molar-refractivity contribution < 1.29 is 18.9 Å². The Morgan fingerprint density at radius 2 is 0.762 bits per heavy atom. The fourth-order valence-corrected chi connectivity index (χ4v) is 49.6. The molecule has 0 aliphatic heterocycles. The summed E-state index contributed by atoms with van der Waals surface area (Å²) < 4.78 is 20.9. The minimum absolute atomic E-state index is 0.823. The van der Waals surface area contributed by atoms with Gasteiger partial charge in [-0.3, -0.25) is 0 Å². The molecule has 0 aliphatic rings. The molecule has 0 unspecified atom stereocenters. The standard InChI is InChI=1S/4C3H8OS.Sn/c4*1-4-2-3-5;/h4*5H,2-3H2,1H3;/q;;;;+4/p-4. The summed E-state index contributed by atoms with van der Waals surface area (Å²) in [5.41, 5.74) is 0. The molecule has 0 aliphatic carbocycles. The second-order valence-corrected chi connectivity index (χ2v) is 46.2. The Morgan fingerprint density at radius 3 is 0.952 bits per heavy atom. The van der Waals surface area contributed by atoms with Gasteiger partial charge in [0.25, 0.3) is 0 Å². The third kappa shape index (κ3) is 13.1. The van der Waals surface area contributed by atoms with E-state index >= 15 is 0 Å². The Balaban J connectivity index is 4.52. The second kappa shape index (κ2) is 16.9. The summed E-state index contributed by atoms with van der Waals surface area (Å²) in [5, 5.41) is 0. The number of hydrogen-bond acceptors (Lipinski definition) is 8. The van der Waals surface area contributed by atoms with Gasteiger partial charge < -0.3 is 0 Å². The van der Waals surface area contributed by atoms with Crippen molar-refractivity contribution in [1.82, 2.24) is 0 Å². The van der Waals surface area contributed by atoms with Crippen LogP contribution in [0.1, 0.15) is 0 Å². The summed E-state index contributed by atoms with van der Waals surface area (Å²) in [6.45, 7) is 3.29. The van der Waals surface area contributed by atoms with Crippen LogP contribution >= 0.6 is 35.8 Å². The van der Waals surface area contributed by atoms with Gasteiger partial charge in [0.1, 0.15) is 0 Å². The summed E-state index contributed by atoms with van der Waals surface area (Å²) in [6, 6.07) is 0. The van der Waals surface area contributed by atoms with Gasteiger partial charge in [-0.05, 0) is 0 Å². The van der Waals surface area contributed by atoms with Crippen LogP contribution in [0.25, 0.3) is 0 Å². The molecule has 0 N–H and O–H groups in total. The quantitative estimate of drug-likeness (QED) is 0.245. The van der Waals surface area contributed by atoms with E-state index in [0.717, 1.165) is 49.4 Å². The van der Waals surface area contributed by atoms with E-state index < -0.39 is 12.8 Å². The van der Waals surface area contributed by atoms with Crippen molar-refractivity contribution in [2.24, 2.45) is 0 Å². The predicted octanol–water partition coefficient (Wildman–Crippen LogP) is 2.94. The van der Waals surface area contributed by atoms with Crippen molar-refractivity contribution in [2.75, 3.05) is 77.9 Å².